The highest BCUT2D eigenvalue weighted by Crippen LogP contribution is 2.14. The largest absolute Gasteiger partial charge is 0.463 e. The molecule has 0 aromatic heterocycles. The number of ether oxygens (including phenoxy) is 1. The fourth-order valence-corrected chi connectivity index (χ4v) is 3.13. The van der Waals surface area contributed by atoms with Crippen LogP contribution in [-0.4, -0.2) is 35.5 Å². The van der Waals surface area contributed by atoms with Crippen LogP contribution in [0.2, 0.25) is 0 Å². The van der Waals surface area contributed by atoms with Gasteiger partial charge in [0.05, 0.1) is 6.61 Å². The van der Waals surface area contributed by atoms with Gasteiger partial charge in [0, 0.05) is 6.42 Å². The third kappa shape index (κ3) is 19.7. The SMILES string of the molecule is CCCCCCCCCCCCCCCCCCC(=O)OCC(O)CO. The Morgan fingerprint density at radius 3 is 1.50 bits per heavy atom. The number of unbranched alkanes of at least 4 members (excludes halogenated alkanes) is 15. The Morgan fingerprint density at radius 2 is 1.12 bits per heavy atom. The molecule has 0 aliphatic carbocycles. The van der Waals surface area contributed by atoms with E-state index in [0.717, 1.165) is 12.8 Å². The smallest absolute Gasteiger partial charge is 0.305 e. The first kappa shape index (κ1) is 25.4. The number of aliphatic hydroxyl groups is 2. The highest BCUT2D eigenvalue weighted by molar-refractivity contribution is 5.69. The van der Waals surface area contributed by atoms with E-state index in [1.165, 1.54) is 89.9 Å². The molecule has 0 saturated carbocycles. The normalized spacial score (nSPS) is 12.3. The summed E-state index contributed by atoms with van der Waals surface area (Å²) in [6, 6.07) is 0. The van der Waals surface area contributed by atoms with E-state index in [1.807, 2.05) is 0 Å². The van der Waals surface area contributed by atoms with E-state index in [9.17, 15) is 4.79 Å². The molecule has 2 N–H and O–H groups in total. The standard InChI is InChI=1S/C22H44O4/c1-2-3-4-5-6-7-8-9-10-11-12-13-14-15-16-17-18-22(25)26-20-21(24)19-23/h21,23-24H,2-20H2,1H3. The van der Waals surface area contributed by atoms with Gasteiger partial charge in [-0.05, 0) is 6.42 Å². The van der Waals surface area contributed by atoms with Crippen molar-refractivity contribution < 1.29 is 19.7 Å². The molecule has 0 aliphatic rings. The maximum absolute atomic E-state index is 11.4. The highest BCUT2D eigenvalue weighted by Gasteiger charge is 2.07. The van der Waals surface area contributed by atoms with Gasteiger partial charge < -0.3 is 14.9 Å². The molecule has 0 aliphatic heterocycles. The molecule has 156 valence electrons. The Kier molecular flexibility index (Phi) is 20.2. The first-order chi connectivity index (χ1) is 12.7. The van der Waals surface area contributed by atoms with Crippen LogP contribution in [0.25, 0.3) is 0 Å². The third-order valence-corrected chi connectivity index (χ3v) is 4.88. The van der Waals surface area contributed by atoms with Gasteiger partial charge in [-0.2, -0.15) is 0 Å². The first-order valence-corrected chi connectivity index (χ1v) is 11.1. The molecule has 0 aromatic carbocycles. The van der Waals surface area contributed by atoms with E-state index < -0.39 is 6.10 Å². The Balaban J connectivity index is 3.12. The van der Waals surface area contributed by atoms with Crippen molar-refractivity contribution in [1.82, 2.24) is 0 Å². The lowest BCUT2D eigenvalue weighted by molar-refractivity contribution is -0.147. The van der Waals surface area contributed by atoms with Crippen LogP contribution in [0, 0.1) is 0 Å². The Morgan fingerprint density at radius 1 is 0.731 bits per heavy atom. The summed E-state index contributed by atoms with van der Waals surface area (Å²) in [6.45, 7) is 1.80. The number of hydrogen-bond donors (Lipinski definition) is 2. The number of aliphatic hydroxyl groups excluding tert-OH is 2. The fourth-order valence-electron chi connectivity index (χ4n) is 3.13. The average Bonchev–Trinajstić information content (AvgIpc) is 2.65. The number of carbonyl (C=O) groups excluding carboxylic acids is 1. The fraction of sp³-hybridized carbons (Fsp3) is 0.955. The second-order valence-electron chi connectivity index (χ2n) is 7.57. The van der Waals surface area contributed by atoms with Crippen LogP contribution < -0.4 is 0 Å². The van der Waals surface area contributed by atoms with Crippen molar-refractivity contribution in [1.29, 1.82) is 0 Å². The van der Waals surface area contributed by atoms with Crippen molar-refractivity contribution in [2.75, 3.05) is 13.2 Å². The van der Waals surface area contributed by atoms with Crippen molar-refractivity contribution >= 4 is 5.97 Å². The van der Waals surface area contributed by atoms with Crippen LogP contribution in [0.15, 0.2) is 0 Å². The van der Waals surface area contributed by atoms with Gasteiger partial charge in [-0.15, -0.1) is 0 Å². The van der Waals surface area contributed by atoms with E-state index in [0.29, 0.717) is 6.42 Å². The monoisotopic (exact) mass is 372 g/mol. The van der Waals surface area contributed by atoms with E-state index in [-0.39, 0.29) is 19.2 Å². The molecule has 0 radical (unpaired) electrons. The molecule has 0 saturated heterocycles. The third-order valence-electron chi connectivity index (χ3n) is 4.88. The zero-order valence-electron chi connectivity index (χ0n) is 17.2. The molecule has 26 heavy (non-hydrogen) atoms. The minimum Gasteiger partial charge on any atom is -0.463 e. The van der Waals surface area contributed by atoms with Gasteiger partial charge in [-0.1, -0.05) is 103 Å². The lowest BCUT2D eigenvalue weighted by Crippen LogP contribution is -2.21. The average molecular weight is 373 g/mol. The maximum atomic E-state index is 11.4. The van der Waals surface area contributed by atoms with Crippen LogP contribution in [0.5, 0.6) is 0 Å². The summed E-state index contributed by atoms with van der Waals surface area (Å²) in [4.78, 5) is 11.4. The number of carbonyl (C=O) groups is 1. The first-order valence-electron chi connectivity index (χ1n) is 11.1. The van der Waals surface area contributed by atoms with Gasteiger partial charge in [-0.25, -0.2) is 0 Å². The van der Waals surface area contributed by atoms with Crippen LogP contribution in [0.3, 0.4) is 0 Å². The van der Waals surface area contributed by atoms with E-state index in [1.54, 1.807) is 0 Å². The molecule has 0 fully saturated rings. The summed E-state index contributed by atoms with van der Waals surface area (Å²) >= 11 is 0. The van der Waals surface area contributed by atoms with E-state index in [2.05, 4.69) is 6.92 Å². The second-order valence-corrected chi connectivity index (χ2v) is 7.57. The molecule has 0 rings (SSSR count). The van der Waals surface area contributed by atoms with Gasteiger partial charge >= 0.3 is 5.97 Å². The quantitative estimate of drug-likeness (QED) is 0.218. The molecule has 0 spiro atoms. The summed E-state index contributed by atoms with van der Waals surface area (Å²) in [7, 11) is 0. The van der Waals surface area contributed by atoms with E-state index >= 15 is 0 Å². The van der Waals surface area contributed by atoms with Crippen molar-refractivity contribution in [3.63, 3.8) is 0 Å². The summed E-state index contributed by atoms with van der Waals surface area (Å²) in [5, 5.41) is 17.7. The molecule has 0 aromatic rings. The van der Waals surface area contributed by atoms with Gasteiger partial charge in [0.2, 0.25) is 0 Å². The van der Waals surface area contributed by atoms with Gasteiger partial charge in [-0.3, -0.25) is 4.79 Å². The lowest BCUT2D eigenvalue weighted by Gasteiger charge is -2.08. The topological polar surface area (TPSA) is 66.8 Å². The maximum Gasteiger partial charge on any atom is 0.305 e. The number of esters is 1. The number of rotatable bonds is 20. The molecule has 0 heterocycles. The van der Waals surface area contributed by atoms with Crippen LogP contribution in [-0.2, 0) is 9.53 Å². The van der Waals surface area contributed by atoms with Crippen LogP contribution >= 0.6 is 0 Å². The highest BCUT2D eigenvalue weighted by atomic mass is 16.5. The van der Waals surface area contributed by atoms with Crippen LogP contribution in [0.4, 0.5) is 0 Å². The Bertz CT molecular complexity index is 294. The second kappa shape index (κ2) is 20.7. The van der Waals surface area contributed by atoms with Crippen molar-refractivity contribution in [2.24, 2.45) is 0 Å². The molecular formula is C22H44O4. The van der Waals surface area contributed by atoms with Crippen molar-refractivity contribution in [2.45, 2.75) is 122 Å². The predicted molar refractivity (Wildman–Crippen MR) is 108 cm³/mol. The summed E-state index contributed by atoms with van der Waals surface area (Å²) in [5.74, 6) is -0.275. The van der Waals surface area contributed by atoms with Crippen LogP contribution in [0.1, 0.15) is 116 Å². The number of hydrogen-bond acceptors (Lipinski definition) is 4. The van der Waals surface area contributed by atoms with Gasteiger partial charge in [0.15, 0.2) is 0 Å². The predicted octanol–water partition coefficient (Wildman–Crippen LogP) is 5.53. The minimum atomic E-state index is -0.954. The summed E-state index contributed by atoms with van der Waals surface area (Å²) in [6.07, 6.45) is 20.5. The van der Waals surface area contributed by atoms with Gasteiger partial charge in [0.1, 0.15) is 12.7 Å². The molecule has 1 unspecified atom stereocenters. The Hall–Kier alpha value is -0.610. The van der Waals surface area contributed by atoms with Gasteiger partial charge in [0.25, 0.3) is 0 Å². The molecule has 0 bridgehead atoms. The molecule has 0 amide bonds. The zero-order chi connectivity index (χ0) is 19.3. The molecular weight excluding hydrogens is 328 g/mol. The molecule has 1 atom stereocenters. The summed E-state index contributed by atoms with van der Waals surface area (Å²) < 4.78 is 4.87. The zero-order valence-corrected chi connectivity index (χ0v) is 17.2. The lowest BCUT2D eigenvalue weighted by atomic mass is 10.0. The molecule has 4 nitrogen and oxygen atoms in total. The van der Waals surface area contributed by atoms with Crippen molar-refractivity contribution in [3.05, 3.63) is 0 Å². The van der Waals surface area contributed by atoms with E-state index in [4.69, 9.17) is 14.9 Å². The molecule has 4 heteroatoms. The Labute approximate surface area is 161 Å². The van der Waals surface area contributed by atoms with Crippen molar-refractivity contribution in [3.8, 4) is 0 Å². The summed E-state index contributed by atoms with van der Waals surface area (Å²) in [5.41, 5.74) is 0. The minimum absolute atomic E-state index is 0.103.